The molecule has 5 atom stereocenters. The lowest BCUT2D eigenvalue weighted by atomic mass is 9.90. The fraction of sp³-hybridized carbons (Fsp3) is 0.474. The van der Waals surface area contributed by atoms with Crippen LogP contribution in [0, 0.1) is 0 Å². The molecule has 0 bridgehead atoms. The fourth-order valence-electron chi connectivity index (χ4n) is 3.15. The van der Waals surface area contributed by atoms with Crippen molar-refractivity contribution in [2.24, 2.45) is 0 Å². The summed E-state index contributed by atoms with van der Waals surface area (Å²) in [6.07, 6.45) is -5.58. The molecule has 0 amide bonds. The van der Waals surface area contributed by atoms with Crippen molar-refractivity contribution in [3.63, 3.8) is 0 Å². The van der Waals surface area contributed by atoms with Crippen molar-refractivity contribution in [3.8, 4) is 0 Å². The molecular weight excluding hydrogens is 404 g/mol. The van der Waals surface area contributed by atoms with E-state index in [-0.39, 0.29) is 0 Å². The Morgan fingerprint density at radius 1 is 1.07 bits per heavy atom. The zero-order valence-corrected chi connectivity index (χ0v) is 16.8. The first-order chi connectivity index (χ1) is 13.4. The van der Waals surface area contributed by atoms with E-state index in [1.165, 1.54) is 0 Å². The van der Waals surface area contributed by atoms with Crippen LogP contribution in [-0.2, 0) is 11.2 Å². The van der Waals surface area contributed by atoms with E-state index in [1.807, 2.05) is 19.1 Å². The maximum absolute atomic E-state index is 10.3. The van der Waals surface area contributed by atoms with Gasteiger partial charge in [-0.3, -0.25) is 0 Å². The topological polar surface area (TPSA) is 116 Å². The Morgan fingerprint density at radius 3 is 2.50 bits per heavy atom. The maximum Gasteiger partial charge on any atom is 0.119 e. The third kappa shape index (κ3) is 4.65. The summed E-state index contributed by atoms with van der Waals surface area (Å²) >= 11 is 7.93. The van der Waals surface area contributed by atoms with Gasteiger partial charge in [-0.15, -0.1) is 16.9 Å². The largest absolute Gasteiger partial charge is 0.394 e. The molecule has 0 radical (unpaired) electrons. The molecule has 3 rings (SSSR count). The molecule has 1 fully saturated rings. The number of hydrogen-bond donors (Lipinski definition) is 4. The Kier molecular flexibility index (Phi) is 7.27. The van der Waals surface area contributed by atoms with Crippen molar-refractivity contribution in [1.29, 1.82) is 0 Å². The van der Waals surface area contributed by atoms with Crippen molar-refractivity contribution in [1.82, 2.24) is 10.2 Å². The average Bonchev–Trinajstić information content (AvgIpc) is 2.70. The number of aliphatic hydroxyl groups is 4. The zero-order chi connectivity index (χ0) is 20.3. The predicted octanol–water partition coefficient (Wildman–Crippen LogP) is 1.35. The Bertz CT molecular complexity index is 792. The van der Waals surface area contributed by atoms with E-state index < -0.39 is 37.1 Å². The standard InChI is InChI=1S/C19H23ClN2O5S/c1-2-28-15-6-4-12(21-22-15)8-11-7-10(3-5-13(11)20)19-18(26)17(25)16(24)14(9-23)27-19/h3-7,14,16-19,23-26H,2,8-9H2,1H3. The number of halogens is 1. The molecule has 28 heavy (non-hydrogen) atoms. The van der Waals surface area contributed by atoms with E-state index >= 15 is 0 Å². The van der Waals surface area contributed by atoms with Gasteiger partial charge in [0.25, 0.3) is 0 Å². The molecule has 2 aromatic rings. The highest BCUT2D eigenvalue weighted by molar-refractivity contribution is 7.99. The smallest absolute Gasteiger partial charge is 0.119 e. The van der Waals surface area contributed by atoms with E-state index in [9.17, 15) is 20.4 Å². The summed E-state index contributed by atoms with van der Waals surface area (Å²) in [5.41, 5.74) is 2.09. The van der Waals surface area contributed by atoms with Crippen LogP contribution in [0.1, 0.15) is 29.8 Å². The van der Waals surface area contributed by atoms with Gasteiger partial charge in [0.1, 0.15) is 35.5 Å². The van der Waals surface area contributed by atoms with Gasteiger partial charge >= 0.3 is 0 Å². The molecule has 1 aliphatic rings. The normalized spacial score (nSPS) is 27.7. The molecule has 152 valence electrons. The first kappa shape index (κ1) is 21.4. The molecule has 0 spiro atoms. The highest BCUT2D eigenvalue weighted by Gasteiger charge is 2.44. The van der Waals surface area contributed by atoms with Crippen LogP contribution in [0.2, 0.25) is 5.02 Å². The number of aliphatic hydroxyl groups excluding tert-OH is 4. The summed E-state index contributed by atoms with van der Waals surface area (Å²) in [7, 11) is 0. The maximum atomic E-state index is 10.3. The van der Waals surface area contributed by atoms with Crippen LogP contribution in [0.3, 0.4) is 0 Å². The minimum absolute atomic E-state index is 0.439. The van der Waals surface area contributed by atoms with Gasteiger partial charge in [-0.1, -0.05) is 30.7 Å². The van der Waals surface area contributed by atoms with Gasteiger partial charge in [-0.25, -0.2) is 0 Å². The van der Waals surface area contributed by atoms with Gasteiger partial charge < -0.3 is 25.2 Å². The van der Waals surface area contributed by atoms with Crippen LogP contribution in [0.15, 0.2) is 35.4 Å². The summed E-state index contributed by atoms with van der Waals surface area (Å²) in [6, 6.07) is 8.94. The number of rotatable bonds is 6. The minimum Gasteiger partial charge on any atom is -0.394 e. The van der Waals surface area contributed by atoms with Crippen molar-refractivity contribution < 1.29 is 25.2 Å². The van der Waals surface area contributed by atoms with Crippen LogP contribution >= 0.6 is 23.4 Å². The second-order valence-electron chi connectivity index (χ2n) is 6.57. The van der Waals surface area contributed by atoms with E-state index in [4.69, 9.17) is 16.3 Å². The van der Waals surface area contributed by atoms with Gasteiger partial charge in [0.15, 0.2) is 0 Å². The molecule has 5 unspecified atom stereocenters. The lowest BCUT2D eigenvalue weighted by Crippen LogP contribution is -2.55. The Balaban J connectivity index is 1.82. The van der Waals surface area contributed by atoms with Crippen LogP contribution in [0.4, 0.5) is 0 Å². The van der Waals surface area contributed by atoms with Gasteiger partial charge in [0.2, 0.25) is 0 Å². The second-order valence-corrected chi connectivity index (χ2v) is 8.26. The predicted molar refractivity (Wildman–Crippen MR) is 105 cm³/mol. The highest BCUT2D eigenvalue weighted by atomic mass is 35.5. The van der Waals surface area contributed by atoms with Crippen LogP contribution in [-0.4, -0.2) is 67.4 Å². The first-order valence-electron chi connectivity index (χ1n) is 8.98. The molecular formula is C19H23ClN2O5S. The number of benzene rings is 1. The highest BCUT2D eigenvalue weighted by Crippen LogP contribution is 2.34. The van der Waals surface area contributed by atoms with Gasteiger partial charge in [-0.05, 0) is 35.1 Å². The van der Waals surface area contributed by atoms with Gasteiger partial charge in [0.05, 0.1) is 12.3 Å². The van der Waals surface area contributed by atoms with E-state index in [0.717, 1.165) is 22.0 Å². The summed E-state index contributed by atoms with van der Waals surface area (Å²) in [5, 5.41) is 49.4. The number of ether oxygens (including phenoxy) is 1. The Labute approximate surface area is 172 Å². The van der Waals surface area contributed by atoms with Crippen LogP contribution < -0.4 is 0 Å². The van der Waals surface area contributed by atoms with E-state index in [2.05, 4.69) is 10.2 Å². The van der Waals surface area contributed by atoms with Crippen molar-refractivity contribution in [3.05, 3.63) is 52.2 Å². The van der Waals surface area contributed by atoms with E-state index in [0.29, 0.717) is 17.0 Å². The number of thioether (sulfide) groups is 1. The lowest BCUT2D eigenvalue weighted by molar-refractivity contribution is -0.231. The lowest BCUT2D eigenvalue weighted by Gasteiger charge is -2.40. The molecule has 0 saturated carbocycles. The molecule has 1 saturated heterocycles. The van der Waals surface area contributed by atoms with Crippen LogP contribution in [0.5, 0.6) is 0 Å². The van der Waals surface area contributed by atoms with Crippen LogP contribution in [0.25, 0.3) is 0 Å². The minimum atomic E-state index is -1.43. The first-order valence-corrected chi connectivity index (χ1v) is 10.3. The average molecular weight is 427 g/mol. The molecule has 1 aromatic carbocycles. The SMILES string of the molecule is CCSc1ccc(Cc2cc(C3OC(CO)C(O)C(O)C3O)ccc2Cl)nn1. The fourth-order valence-corrected chi connectivity index (χ4v) is 3.89. The summed E-state index contributed by atoms with van der Waals surface area (Å²) < 4.78 is 5.62. The molecule has 1 aliphatic heterocycles. The van der Waals surface area contributed by atoms with Gasteiger partial charge in [0, 0.05) is 11.4 Å². The molecule has 4 N–H and O–H groups in total. The molecule has 2 heterocycles. The third-order valence-corrected chi connectivity index (χ3v) is 5.82. The summed E-state index contributed by atoms with van der Waals surface area (Å²) in [6.45, 7) is 1.57. The van der Waals surface area contributed by atoms with Crippen molar-refractivity contribution in [2.75, 3.05) is 12.4 Å². The number of nitrogens with zero attached hydrogens (tertiary/aromatic N) is 2. The molecule has 9 heteroatoms. The zero-order valence-electron chi connectivity index (χ0n) is 15.3. The van der Waals surface area contributed by atoms with Gasteiger partial charge in [-0.2, -0.15) is 5.10 Å². The second kappa shape index (κ2) is 9.49. The Morgan fingerprint density at radius 2 is 1.86 bits per heavy atom. The molecule has 7 nitrogen and oxygen atoms in total. The Hall–Kier alpha value is -1.26. The number of hydrogen-bond acceptors (Lipinski definition) is 8. The summed E-state index contributed by atoms with van der Waals surface area (Å²) in [4.78, 5) is 0. The van der Waals surface area contributed by atoms with Crippen molar-refractivity contribution in [2.45, 2.75) is 48.9 Å². The molecule has 1 aromatic heterocycles. The monoisotopic (exact) mass is 426 g/mol. The quantitative estimate of drug-likeness (QED) is 0.511. The van der Waals surface area contributed by atoms with Crippen molar-refractivity contribution >= 4 is 23.4 Å². The number of aromatic nitrogens is 2. The third-order valence-electron chi connectivity index (χ3n) is 4.65. The van der Waals surface area contributed by atoms with E-state index in [1.54, 1.807) is 30.0 Å². The molecule has 0 aliphatic carbocycles. The summed E-state index contributed by atoms with van der Waals surface area (Å²) in [5.74, 6) is 0.918.